The Morgan fingerprint density at radius 2 is 1.79 bits per heavy atom. The lowest BCUT2D eigenvalue weighted by Crippen LogP contribution is -2.22. The van der Waals surface area contributed by atoms with Gasteiger partial charge in [-0.25, -0.2) is 4.79 Å². The first-order chi connectivity index (χ1) is 13.5. The van der Waals surface area contributed by atoms with Crippen LogP contribution in [0.15, 0.2) is 42.5 Å². The second kappa shape index (κ2) is 10.8. The number of benzene rings is 2. The van der Waals surface area contributed by atoms with Crippen molar-refractivity contribution in [3.05, 3.63) is 53.6 Å². The van der Waals surface area contributed by atoms with E-state index < -0.39 is 11.9 Å². The van der Waals surface area contributed by atoms with Crippen LogP contribution in [0.2, 0.25) is 0 Å². The highest BCUT2D eigenvalue weighted by atomic mass is 16.7. The van der Waals surface area contributed by atoms with E-state index >= 15 is 0 Å². The van der Waals surface area contributed by atoms with Gasteiger partial charge in [0.1, 0.15) is 5.75 Å². The van der Waals surface area contributed by atoms with Crippen molar-refractivity contribution in [2.24, 2.45) is 0 Å². The molecule has 150 valence electrons. The van der Waals surface area contributed by atoms with Crippen molar-refractivity contribution in [3.8, 4) is 17.2 Å². The molecule has 2 rings (SSSR count). The van der Waals surface area contributed by atoms with Crippen molar-refractivity contribution in [1.29, 1.82) is 0 Å². The zero-order chi connectivity index (χ0) is 20.4. The van der Waals surface area contributed by atoms with Crippen LogP contribution in [0.5, 0.6) is 17.2 Å². The molecule has 2 aromatic rings. The minimum atomic E-state index is -0.456. The van der Waals surface area contributed by atoms with Gasteiger partial charge in [-0.1, -0.05) is 6.07 Å². The van der Waals surface area contributed by atoms with E-state index in [1.54, 1.807) is 37.4 Å². The van der Waals surface area contributed by atoms with E-state index in [2.05, 4.69) is 5.48 Å². The minimum Gasteiger partial charge on any atom is -0.504 e. The number of hydrogen-bond donors (Lipinski definition) is 3. The zero-order valence-corrected chi connectivity index (χ0v) is 15.5. The van der Waals surface area contributed by atoms with Crippen LogP contribution in [0.3, 0.4) is 0 Å². The minimum absolute atomic E-state index is 0.115. The Morgan fingerprint density at radius 3 is 2.46 bits per heavy atom. The van der Waals surface area contributed by atoms with Crippen LogP contribution >= 0.6 is 0 Å². The number of carbonyl (C=O) groups excluding carboxylic acids is 2. The largest absolute Gasteiger partial charge is 0.504 e. The van der Waals surface area contributed by atoms with Crippen molar-refractivity contribution in [2.75, 3.05) is 20.3 Å². The van der Waals surface area contributed by atoms with Gasteiger partial charge in [-0.3, -0.25) is 4.79 Å². The maximum absolute atomic E-state index is 11.8. The molecule has 28 heavy (non-hydrogen) atoms. The first kappa shape index (κ1) is 21.0. The molecule has 0 spiro atoms. The highest BCUT2D eigenvalue weighted by Crippen LogP contribution is 2.25. The summed E-state index contributed by atoms with van der Waals surface area (Å²) in [6.45, 7) is 0.518. The van der Waals surface area contributed by atoms with E-state index in [1.807, 2.05) is 0 Å². The number of rotatable bonds is 10. The highest BCUT2D eigenvalue weighted by molar-refractivity contribution is 5.89. The average Bonchev–Trinajstić information content (AvgIpc) is 2.71. The van der Waals surface area contributed by atoms with Crippen molar-refractivity contribution >= 4 is 11.9 Å². The van der Waals surface area contributed by atoms with Crippen molar-refractivity contribution < 1.29 is 34.1 Å². The number of aryl methyl sites for hydroxylation is 1. The highest BCUT2D eigenvalue weighted by Gasteiger charge is 2.08. The van der Waals surface area contributed by atoms with Crippen LogP contribution in [-0.2, 0) is 20.8 Å². The van der Waals surface area contributed by atoms with Gasteiger partial charge in [0.05, 0.1) is 25.7 Å². The SMILES string of the molecule is COc1ccc(C(=O)OCCCNOC(=O)CCc2ccc(O)c(O)c2)cc1. The standard InChI is InChI=1S/C20H23NO7/c1-26-16-7-5-15(6-8-16)20(25)27-12-2-11-21-28-19(24)10-4-14-3-9-17(22)18(23)13-14/h3,5-9,13,21-23H,2,4,10-12H2,1H3. The third-order valence-electron chi connectivity index (χ3n) is 3.83. The van der Waals surface area contributed by atoms with Gasteiger partial charge in [0, 0.05) is 6.54 Å². The molecule has 2 aromatic carbocycles. The summed E-state index contributed by atoms with van der Waals surface area (Å²) in [7, 11) is 1.55. The number of hydroxylamine groups is 1. The number of aromatic hydroxyl groups is 2. The zero-order valence-electron chi connectivity index (χ0n) is 15.5. The summed E-state index contributed by atoms with van der Waals surface area (Å²) in [5.41, 5.74) is 3.66. The summed E-state index contributed by atoms with van der Waals surface area (Å²) in [5, 5.41) is 18.6. The maximum atomic E-state index is 11.8. The summed E-state index contributed by atoms with van der Waals surface area (Å²) < 4.78 is 10.2. The first-order valence-corrected chi connectivity index (χ1v) is 8.74. The predicted molar refractivity (Wildman–Crippen MR) is 100 cm³/mol. The summed E-state index contributed by atoms with van der Waals surface area (Å²) >= 11 is 0. The molecule has 0 radical (unpaired) electrons. The van der Waals surface area contributed by atoms with Crippen molar-refractivity contribution in [3.63, 3.8) is 0 Å². The Hall–Kier alpha value is -3.26. The first-order valence-electron chi connectivity index (χ1n) is 8.74. The van der Waals surface area contributed by atoms with Crippen LogP contribution < -0.4 is 10.2 Å². The topological polar surface area (TPSA) is 114 Å². The fourth-order valence-electron chi connectivity index (χ4n) is 2.27. The number of esters is 1. The number of carbonyl (C=O) groups is 2. The third kappa shape index (κ3) is 6.81. The number of phenolic OH excluding ortho intramolecular Hbond substituents is 2. The number of phenols is 2. The summed E-state index contributed by atoms with van der Waals surface area (Å²) in [6.07, 6.45) is 0.957. The van der Waals surface area contributed by atoms with Gasteiger partial charge in [-0.15, -0.1) is 0 Å². The van der Waals surface area contributed by atoms with E-state index in [4.69, 9.17) is 14.3 Å². The Kier molecular flexibility index (Phi) is 8.11. The molecular weight excluding hydrogens is 366 g/mol. The lowest BCUT2D eigenvalue weighted by atomic mass is 10.1. The molecule has 0 fully saturated rings. The molecule has 0 amide bonds. The lowest BCUT2D eigenvalue weighted by molar-refractivity contribution is -0.151. The van der Waals surface area contributed by atoms with Gasteiger partial charge in [-0.05, 0) is 54.8 Å². The average molecular weight is 389 g/mol. The van der Waals surface area contributed by atoms with Crippen LogP contribution in [0.25, 0.3) is 0 Å². The fourth-order valence-corrected chi connectivity index (χ4v) is 2.27. The van der Waals surface area contributed by atoms with E-state index in [9.17, 15) is 19.8 Å². The van der Waals surface area contributed by atoms with Gasteiger partial charge < -0.3 is 24.5 Å². The Bertz CT molecular complexity index is 790. The van der Waals surface area contributed by atoms with Gasteiger partial charge in [-0.2, -0.15) is 5.48 Å². The number of methoxy groups -OCH3 is 1. The fraction of sp³-hybridized carbons (Fsp3) is 0.300. The molecule has 0 saturated heterocycles. The normalized spacial score (nSPS) is 10.3. The van der Waals surface area contributed by atoms with E-state index in [0.29, 0.717) is 36.3 Å². The van der Waals surface area contributed by atoms with Crippen LogP contribution in [0.1, 0.15) is 28.8 Å². The van der Waals surface area contributed by atoms with Gasteiger partial charge in [0.25, 0.3) is 0 Å². The van der Waals surface area contributed by atoms with E-state index in [-0.39, 0.29) is 24.5 Å². The van der Waals surface area contributed by atoms with E-state index in [0.717, 1.165) is 0 Å². The molecule has 0 heterocycles. The quantitative estimate of drug-likeness (QED) is 0.246. The van der Waals surface area contributed by atoms with Gasteiger partial charge in [0.2, 0.25) is 0 Å². The summed E-state index contributed by atoms with van der Waals surface area (Å²) in [6, 6.07) is 11.0. The van der Waals surface area contributed by atoms with Crippen LogP contribution in [-0.4, -0.2) is 42.4 Å². The molecule has 0 aliphatic carbocycles. The molecular formula is C20H23NO7. The Balaban J connectivity index is 1.56. The van der Waals surface area contributed by atoms with Crippen LogP contribution in [0, 0.1) is 0 Å². The monoisotopic (exact) mass is 389 g/mol. The Labute approximate surface area is 162 Å². The second-order valence-corrected chi connectivity index (χ2v) is 5.91. The second-order valence-electron chi connectivity index (χ2n) is 5.91. The molecule has 0 unspecified atom stereocenters. The van der Waals surface area contributed by atoms with Crippen LogP contribution in [0.4, 0.5) is 0 Å². The van der Waals surface area contributed by atoms with Gasteiger partial charge in [0.15, 0.2) is 11.5 Å². The Morgan fingerprint density at radius 1 is 1.04 bits per heavy atom. The molecule has 0 bridgehead atoms. The smallest absolute Gasteiger partial charge is 0.338 e. The van der Waals surface area contributed by atoms with Crippen molar-refractivity contribution in [2.45, 2.75) is 19.3 Å². The third-order valence-corrected chi connectivity index (χ3v) is 3.83. The number of nitrogens with one attached hydrogen (secondary N) is 1. The summed E-state index contributed by atoms with van der Waals surface area (Å²) in [4.78, 5) is 28.4. The maximum Gasteiger partial charge on any atom is 0.338 e. The van der Waals surface area contributed by atoms with Gasteiger partial charge >= 0.3 is 11.9 Å². The number of ether oxygens (including phenoxy) is 2. The number of hydrogen-bond acceptors (Lipinski definition) is 8. The molecule has 0 aliphatic rings. The summed E-state index contributed by atoms with van der Waals surface area (Å²) in [5.74, 6) is -0.668. The lowest BCUT2D eigenvalue weighted by Gasteiger charge is -2.08. The molecule has 0 saturated carbocycles. The molecule has 8 nitrogen and oxygen atoms in total. The molecule has 0 aliphatic heterocycles. The predicted octanol–water partition coefficient (Wildman–Crippen LogP) is 2.33. The van der Waals surface area contributed by atoms with E-state index in [1.165, 1.54) is 12.1 Å². The molecule has 3 N–H and O–H groups in total. The molecule has 8 heteroatoms. The van der Waals surface area contributed by atoms with Crippen molar-refractivity contribution in [1.82, 2.24) is 5.48 Å². The molecule has 0 atom stereocenters. The molecule has 0 aromatic heterocycles.